The summed E-state index contributed by atoms with van der Waals surface area (Å²) in [5.74, 6) is -0.467. The number of pyridine rings is 2. The highest BCUT2D eigenvalue weighted by Gasteiger charge is 2.31. The molecule has 3 aromatic heterocycles. The minimum absolute atomic E-state index is 0.0903. The van der Waals surface area contributed by atoms with Crippen molar-refractivity contribution in [1.29, 1.82) is 0 Å². The van der Waals surface area contributed by atoms with E-state index >= 15 is 0 Å². The van der Waals surface area contributed by atoms with E-state index in [0.29, 0.717) is 51.4 Å². The lowest BCUT2D eigenvalue weighted by atomic mass is 9.83. The SMILES string of the molecule is CC1CCC(Cn2c(C(O)c3ccc(F)cc3F)nc3cc(C4NOC(=O)N4)nc(-c4cncc(Cl)c4)c32)CC1. The second kappa shape index (κ2) is 10.7. The molecule has 0 spiro atoms. The van der Waals surface area contributed by atoms with E-state index in [1.807, 2.05) is 4.57 Å². The molecule has 0 radical (unpaired) electrons. The smallest absolute Gasteiger partial charge is 0.380 e. The largest absolute Gasteiger partial charge is 0.427 e. The number of hydroxylamine groups is 1. The fourth-order valence-electron chi connectivity index (χ4n) is 5.53. The van der Waals surface area contributed by atoms with E-state index < -0.39 is 30.0 Å². The van der Waals surface area contributed by atoms with Gasteiger partial charge in [-0.1, -0.05) is 37.4 Å². The molecule has 0 bridgehead atoms. The number of nitrogens with one attached hydrogen (secondary N) is 2. The van der Waals surface area contributed by atoms with Gasteiger partial charge >= 0.3 is 6.09 Å². The van der Waals surface area contributed by atoms with Crippen LogP contribution in [0.5, 0.6) is 0 Å². The van der Waals surface area contributed by atoms with E-state index in [9.17, 15) is 18.7 Å². The van der Waals surface area contributed by atoms with Gasteiger partial charge in [-0.3, -0.25) is 10.3 Å². The Bertz CT molecular complexity index is 1590. The molecule has 4 aromatic rings. The molecule has 9 nitrogen and oxygen atoms in total. The normalized spacial score (nSPS) is 21.8. The number of aliphatic hydroxyl groups is 1. The highest BCUT2D eigenvalue weighted by molar-refractivity contribution is 6.30. The Morgan fingerprint density at radius 1 is 1.15 bits per heavy atom. The number of hydrogen-bond acceptors (Lipinski definition) is 7. The van der Waals surface area contributed by atoms with Crippen LogP contribution in [0.1, 0.15) is 62.0 Å². The predicted octanol–water partition coefficient (Wildman–Crippen LogP) is 5.58. The van der Waals surface area contributed by atoms with Gasteiger partial charge in [0.05, 0.1) is 27.4 Å². The lowest BCUT2D eigenvalue weighted by Crippen LogP contribution is -2.23. The maximum atomic E-state index is 14.8. The maximum absolute atomic E-state index is 14.8. The molecule has 12 heteroatoms. The molecule has 1 aromatic carbocycles. The molecule has 4 heterocycles. The minimum Gasteiger partial charge on any atom is -0.380 e. The number of rotatable bonds is 6. The Morgan fingerprint density at radius 2 is 1.95 bits per heavy atom. The summed E-state index contributed by atoms with van der Waals surface area (Å²) in [5.41, 5.74) is 5.04. The van der Waals surface area contributed by atoms with Crippen molar-refractivity contribution in [2.75, 3.05) is 0 Å². The number of benzene rings is 1. The topological polar surface area (TPSA) is 114 Å². The highest BCUT2D eigenvalue weighted by atomic mass is 35.5. The first-order chi connectivity index (χ1) is 19.3. The Kier molecular flexibility index (Phi) is 7.11. The third-order valence-electron chi connectivity index (χ3n) is 7.66. The molecule has 1 aliphatic carbocycles. The van der Waals surface area contributed by atoms with Crippen molar-refractivity contribution >= 4 is 28.7 Å². The predicted molar refractivity (Wildman–Crippen MR) is 143 cm³/mol. The zero-order chi connectivity index (χ0) is 28.0. The maximum Gasteiger partial charge on any atom is 0.427 e. The van der Waals surface area contributed by atoms with Gasteiger partial charge in [-0.2, -0.15) is 0 Å². The zero-order valence-electron chi connectivity index (χ0n) is 21.6. The van der Waals surface area contributed by atoms with Crippen LogP contribution in [0.4, 0.5) is 13.6 Å². The molecule has 2 unspecified atom stereocenters. The van der Waals surface area contributed by atoms with Crippen LogP contribution in [-0.4, -0.2) is 30.7 Å². The number of aliphatic hydroxyl groups excluding tert-OH is 1. The summed E-state index contributed by atoms with van der Waals surface area (Å²) in [5, 5.41) is 14.5. The van der Waals surface area contributed by atoms with E-state index in [4.69, 9.17) is 26.4 Å². The molecular formula is C28H27ClF2N6O3. The molecule has 1 amide bonds. The third kappa shape index (κ3) is 5.12. The van der Waals surface area contributed by atoms with Crippen LogP contribution >= 0.6 is 11.6 Å². The van der Waals surface area contributed by atoms with E-state index in [1.54, 1.807) is 18.3 Å². The summed E-state index contributed by atoms with van der Waals surface area (Å²) in [4.78, 5) is 30.4. The first-order valence-electron chi connectivity index (χ1n) is 13.1. The van der Waals surface area contributed by atoms with Gasteiger partial charge in [-0.05, 0) is 42.9 Å². The van der Waals surface area contributed by atoms with Crippen LogP contribution in [0.2, 0.25) is 5.02 Å². The first-order valence-corrected chi connectivity index (χ1v) is 13.5. The summed E-state index contributed by atoms with van der Waals surface area (Å²) in [7, 11) is 0. The quantitative estimate of drug-likeness (QED) is 0.278. The van der Waals surface area contributed by atoms with Crippen molar-refractivity contribution in [2.45, 2.75) is 51.4 Å². The lowest BCUT2D eigenvalue weighted by Gasteiger charge is -2.28. The monoisotopic (exact) mass is 568 g/mol. The fraction of sp³-hybridized carbons (Fsp3) is 0.357. The van der Waals surface area contributed by atoms with Crippen LogP contribution in [0.3, 0.4) is 0 Å². The molecule has 2 fully saturated rings. The summed E-state index contributed by atoms with van der Waals surface area (Å²) in [6.45, 7) is 2.76. The Morgan fingerprint density at radius 3 is 2.65 bits per heavy atom. The average molecular weight is 569 g/mol. The summed E-state index contributed by atoms with van der Waals surface area (Å²) in [6.07, 6.45) is 4.40. The number of nitrogens with zero attached hydrogens (tertiary/aromatic N) is 4. The number of imidazole rings is 1. The van der Waals surface area contributed by atoms with Gasteiger partial charge in [-0.15, -0.1) is 5.48 Å². The van der Waals surface area contributed by atoms with E-state index in [-0.39, 0.29) is 11.4 Å². The zero-order valence-corrected chi connectivity index (χ0v) is 22.3. The van der Waals surface area contributed by atoms with E-state index in [0.717, 1.165) is 37.8 Å². The van der Waals surface area contributed by atoms with Gasteiger partial charge in [0.1, 0.15) is 23.6 Å². The summed E-state index contributed by atoms with van der Waals surface area (Å²) < 4.78 is 30.4. The number of aromatic nitrogens is 4. The molecule has 1 saturated heterocycles. The molecule has 1 aliphatic heterocycles. The number of fused-ring (bicyclic) bond motifs is 1. The van der Waals surface area contributed by atoms with Crippen LogP contribution in [0.25, 0.3) is 22.3 Å². The summed E-state index contributed by atoms with van der Waals surface area (Å²) >= 11 is 6.29. The van der Waals surface area contributed by atoms with Crippen LogP contribution in [-0.2, 0) is 11.4 Å². The number of carbonyl (C=O) groups is 1. The highest BCUT2D eigenvalue weighted by Crippen LogP contribution is 2.37. The number of halogens is 3. The summed E-state index contributed by atoms with van der Waals surface area (Å²) in [6, 6.07) is 6.47. The van der Waals surface area contributed by atoms with Crippen LogP contribution in [0.15, 0.2) is 42.7 Å². The van der Waals surface area contributed by atoms with Gasteiger partial charge in [0.25, 0.3) is 0 Å². The van der Waals surface area contributed by atoms with Crippen molar-refractivity contribution in [3.8, 4) is 11.3 Å². The van der Waals surface area contributed by atoms with Crippen molar-refractivity contribution < 1.29 is 23.5 Å². The molecule has 3 N–H and O–H groups in total. The van der Waals surface area contributed by atoms with Gasteiger partial charge in [0, 0.05) is 36.1 Å². The second-order valence-electron chi connectivity index (χ2n) is 10.5. The Hall–Kier alpha value is -3.67. The van der Waals surface area contributed by atoms with Crippen molar-refractivity contribution in [3.63, 3.8) is 0 Å². The number of hydrogen-bond donors (Lipinski definition) is 3. The van der Waals surface area contributed by atoms with Gasteiger partial charge < -0.3 is 14.5 Å². The molecular weight excluding hydrogens is 542 g/mol. The van der Waals surface area contributed by atoms with Gasteiger partial charge in [0.15, 0.2) is 6.17 Å². The van der Waals surface area contributed by atoms with Gasteiger partial charge in [0.2, 0.25) is 0 Å². The third-order valence-corrected chi connectivity index (χ3v) is 7.86. The minimum atomic E-state index is -1.48. The first kappa shape index (κ1) is 26.5. The van der Waals surface area contributed by atoms with Crippen molar-refractivity contribution in [2.24, 2.45) is 11.8 Å². The second-order valence-corrected chi connectivity index (χ2v) is 11.0. The Balaban J connectivity index is 1.56. The van der Waals surface area contributed by atoms with Crippen molar-refractivity contribution in [1.82, 2.24) is 30.3 Å². The standard InChI is InChI=1S/C28H27ClF2N6O3/c1-14-2-4-15(5-3-14)13-37-24-21(34-27(37)25(38)19-7-6-18(30)9-20(19)31)10-22(26-35-28(39)40-36-26)33-23(24)16-8-17(29)12-32-11-16/h6-12,14-15,25-26,36,38H,2-5,13H2,1H3,(H,35,39). The number of amides is 1. The van der Waals surface area contributed by atoms with E-state index in [2.05, 4.69) is 22.7 Å². The molecule has 208 valence electrons. The molecule has 2 aliphatic rings. The molecule has 40 heavy (non-hydrogen) atoms. The van der Waals surface area contributed by atoms with E-state index in [1.165, 1.54) is 12.3 Å². The molecule has 1 saturated carbocycles. The van der Waals surface area contributed by atoms with Crippen molar-refractivity contribution in [3.05, 3.63) is 76.5 Å². The Labute approximate surface area is 233 Å². The van der Waals surface area contributed by atoms with Crippen LogP contribution in [0, 0.1) is 23.5 Å². The average Bonchev–Trinajstić information content (AvgIpc) is 3.53. The molecule has 2 atom stereocenters. The molecule has 6 rings (SSSR count). The lowest BCUT2D eigenvalue weighted by molar-refractivity contribution is 0.121. The van der Waals surface area contributed by atoms with Gasteiger partial charge in [-0.25, -0.2) is 23.5 Å². The fourth-order valence-corrected chi connectivity index (χ4v) is 5.71. The number of carbonyl (C=O) groups excluding carboxylic acids is 1. The van der Waals surface area contributed by atoms with Crippen LogP contribution < -0.4 is 10.8 Å².